The molecule has 0 aliphatic rings. The summed E-state index contributed by atoms with van der Waals surface area (Å²) in [5.41, 5.74) is 2.42. The smallest absolute Gasteiger partial charge is 0.335 e. The fourth-order valence-corrected chi connectivity index (χ4v) is 2.02. The SMILES string of the molecule is CCNc1nc(CCc2ccc(C(=O)O)cc2)ncc1C. The second kappa shape index (κ2) is 6.83. The lowest BCUT2D eigenvalue weighted by molar-refractivity contribution is 0.0697. The van der Waals surface area contributed by atoms with Crippen LogP contribution < -0.4 is 5.32 Å². The van der Waals surface area contributed by atoms with Crippen LogP contribution in [0.15, 0.2) is 30.5 Å². The van der Waals surface area contributed by atoms with E-state index in [1.807, 2.05) is 32.2 Å². The van der Waals surface area contributed by atoms with Gasteiger partial charge in [-0.05, 0) is 38.0 Å². The minimum absolute atomic E-state index is 0.305. The molecular formula is C16H19N3O2. The van der Waals surface area contributed by atoms with Gasteiger partial charge in [0.15, 0.2) is 0 Å². The normalized spacial score (nSPS) is 10.4. The highest BCUT2D eigenvalue weighted by molar-refractivity contribution is 5.87. The largest absolute Gasteiger partial charge is 0.478 e. The zero-order chi connectivity index (χ0) is 15.2. The number of anilines is 1. The van der Waals surface area contributed by atoms with E-state index in [9.17, 15) is 4.79 Å². The monoisotopic (exact) mass is 285 g/mol. The first-order valence-electron chi connectivity index (χ1n) is 6.98. The highest BCUT2D eigenvalue weighted by atomic mass is 16.4. The molecule has 1 heterocycles. The van der Waals surface area contributed by atoms with Gasteiger partial charge in [-0.1, -0.05) is 12.1 Å². The molecule has 2 N–H and O–H groups in total. The minimum atomic E-state index is -0.904. The van der Waals surface area contributed by atoms with Crippen molar-refractivity contribution in [2.24, 2.45) is 0 Å². The van der Waals surface area contributed by atoms with Gasteiger partial charge in [0.1, 0.15) is 11.6 Å². The number of hydrogen-bond acceptors (Lipinski definition) is 4. The van der Waals surface area contributed by atoms with Crippen molar-refractivity contribution in [2.45, 2.75) is 26.7 Å². The van der Waals surface area contributed by atoms with Crippen LogP contribution in [0.2, 0.25) is 0 Å². The van der Waals surface area contributed by atoms with Crippen LogP contribution in [0.5, 0.6) is 0 Å². The number of carboxylic acids is 1. The molecule has 0 fully saturated rings. The Morgan fingerprint density at radius 2 is 1.95 bits per heavy atom. The summed E-state index contributed by atoms with van der Waals surface area (Å²) in [6.45, 7) is 4.84. The molecule has 0 unspecified atom stereocenters. The zero-order valence-corrected chi connectivity index (χ0v) is 12.3. The van der Waals surface area contributed by atoms with Crippen LogP contribution in [0.4, 0.5) is 5.82 Å². The van der Waals surface area contributed by atoms with Gasteiger partial charge in [-0.15, -0.1) is 0 Å². The van der Waals surface area contributed by atoms with E-state index in [4.69, 9.17) is 5.11 Å². The fraction of sp³-hybridized carbons (Fsp3) is 0.312. The number of carbonyl (C=O) groups is 1. The molecule has 21 heavy (non-hydrogen) atoms. The van der Waals surface area contributed by atoms with Crippen LogP contribution >= 0.6 is 0 Å². The van der Waals surface area contributed by atoms with Crippen LogP contribution in [-0.4, -0.2) is 27.6 Å². The van der Waals surface area contributed by atoms with Gasteiger partial charge < -0.3 is 10.4 Å². The van der Waals surface area contributed by atoms with Crippen molar-refractivity contribution in [3.8, 4) is 0 Å². The molecule has 0 aliphatic carbocycles. The summed E-state index contributed by atoms with van der Waals surface area (Å²) in [5.74, 6) is 0.765. The van der Waals surface area contributed by atoms with Crippen molar-refractivity contribution >= 4 is 11.8 Å². The molecule has 5 nitrogen and oxygen atoms in total. The number of aryl methyl sites for hydroxylation is 3. The maximum atomic E-state index is 10.8. The maximum Gasteiger partial charge on any atom is 0.335 e. The van der Waals surface area contributed by atoms with E-state index in [2.05, 4.69) is 15.3 Å². The van der Waals surface area contributed by atoms with E-state index in [0.29, 0.717) is 5.56 Å². The quantitative estimate of drug-likeness (QED) is 0.853. The first-order chi connectivity index (χ1) is 10.1. The number of hydrogen-bond donors (Lipinski definition) is 2. The topological polar surface area (TPSA) is 75.1 Å². The summed E-state index contributed by atoms with van der Waals surface area (Å²) in [7, 11) is 0. The summed E-state index contributed by atoms with van der Waals surface area (Å²) < 4.78 is 0. The van der Waals surface area contributed by atoms with Crippen molar-refractivity contribution in [3.05, 3.63) is 53.0 Å². The van der Waals surface area contributed by atoms with Crippen molar-refractivity contribution < 1.29 is 9.90 Å². The molecule has 0 aliphatic heterocycles. The molecule has 0 radical (unpaired) electrons. The predicted molar refractivity (Wildman–Crippen MR) is 81.7 cm³/mol. The summed E-state index contributed by atoms with van der Waals surface area (Å²) in [6.07, 6.45) is 3.34. The average Bonchev–Trinajstić information content (AvgIpc) is 2.48. The average molecular weight is 285 g/mol. The maximum absolute atomic E-state index is 10.8. The van der Waals surface area contributed by atoms with Gasteiger partial charge in [-0.25, -0.2) is 14.8 Å². The second-order valence-electron chi connectivity index (χ2n) is 4.85. The van der Waals surface area contributed by atoms with Gasteiger partial charge in [-0.3, -0.25) is 0 Å². The number of nitrogens with zero attached hydrogens (tertiary/aromatic N) is 2. The van der Waals surface area contributed by atoms with Crippen LogP contribution in [0.3, 0.4) is 0 Å². The van der Waals surface area contributed by atoms with E-state index < -0.39 is 5.97 Å². The van der Waals surface area contributed by atoms with Crippen LogP contribution in [0.25, 0.3) is 0 Å². The summed E-state index contributed by atoms with van der Waals surface area (Å²) in [6, 6.07) is 6.92. The number of rotatable bonds is 6. The lowest BCUT2D eigenvalue weighted by Gasteiger charge is -2.08. The number of carboxylic acid groups (broad SMARTS) is 1. The van der Waals surface area contributed by atoms with Crippen LogP contribution in [0, 0.1) is 6.92 Å². The van der Waals surface area contributed by atoms with Crippen molar-refractivity contribution in [1.82, 2.24) is 9.97 Å². The Morgan fingerprint density at radius 3 is 2.57 bits per heavy atom. The van der Waals surface area contributed by atoms with Gasteiger partial charge in [0.25, 0.3) is 0 Å². The van der Waals surface area contributed by atoms with Gasteiger partial charge in [0.2, 0.25) is 0 Å². The second-order valence-corrected chi connectivity index (χ2v) is 4.85. The molecule has 110 valence electrons. The minimum Gasteiger partial charge on any atom is -0.478 e. The first-order valence-corrected chi connectivity index (χ1v) is 6.98. The molecule has 0 saturated carbocycles. The third-order valence-electron chi connectivity index (χ3n) is 3.20. The van der Waals surface area contributed by atoms with E-state index in [1.165, 1.54) is 0 Å². The van der Waals surface area contributed by atoms with E-state index in [-0.39, 0.29) is 0 Å². The standard InChI is InChI=1S/C16H19N3O2/c1-3-17-15-11(2)10-18-14(19-15)9-6-12-4-7-13(8-5-12)16(20)21/h4-5,7-8,10H,3,6,9H2,1-2H3,(H,20,21)(H,17,18,19). The molecule has 5 heteroatoms. The van der Waals surface area contributed by atoms with E-state index in [1.54, 1.807) is 12.1 Å². The molecule has 0 spiro atoms. The van der Waals surface area contributed by atoms with E-state index >= 15 is 0 Å². The van der Waals surface area contributed by atoms with Crippen molar-refractivity contribution in [1.29, 1.82) is 0 Å². The molecular weight excluding hydrogens is 266 g/mol. The summed E-state index contributed by atoms with van der Waals surface area (Å²) in [4.78, 5) is 19.6. The summed E-state index contributed by atoms with van der Waals surface area (Å²) in [5, 5.41) is 12.1. The Morgan fingerprint density at radius 1 is 1.24 bits per heavy atom. The molecule has 1 aromatic carbocycles. The van der Waals surface area contributed by atoms with Crippen LogP contribution in [0.1, 0.15) is 34.2 Å². The predicted octanol–water partition coefficient (Wildman–Crippen LogP) is 2.70. The zero-order valence-electron chi connectivity index (χ0n) is 12.3. The first kappa shape index (κ1) is 15.0. The Kier molecular flexibility index (Phi) is 4.87. The molecule has 0 saturated heterocycles. The lowest BCUT2D eigenvalue weighted by Crippen LogP contribution is -2.06. The molecule has 0 atom stereocenters. The third kappa shape index (κ3) is 4.02. The molecule has 0 bridgehead atoms. The Balaban J connectivity index is 2.02. The molecule has 1 aromatic heterocycles. The van der Waals surface area contributed by atoms with Crippen molar-refractivity contribution in [3.63, 3.8) is 0 Å². The number of nitrogens with one attached hydrogen (secondary N) is 1. The molecule has 2 aromatic rings. The Labute approximate surface area is 124 Å². The highest BCUT2D eigenvalue weighted by Gasteiger charge is 2.05. The van der Waals surface area contributed by atoms with Gasteiger partial charge in [0, 0.05) is 24.7 Å². The van der Waals surface area contributed by atoms with Crippen molar-refractivity contribution in [2.75, 3.05) is 11.9 Å². The lowest BCUT2D eigenvalue weighted by atomic mass is 10.1. The molecule has 0 amide bonds. The number of aromatic carboxylic acids is 1. The van der Waals surface area contributed by atoms with E-state index in [0.717, 1.165) is 42.2 Å². The Hall–Kier alpha value is -2.43. The third-order valence-corrected chi connectivity index (χ3v) is 3.20. The van der Waals surface area contributed by atoms with Gasteiger partial charge in [-0.2, -0.15) is 0 Å². The van der Waals surface area contributed by atoms with Crippen LogP contribution in [-0.2, 0) is 12.8 Å². The summed E-state index contributed by atoms with van der Waals surface area (Å²) >= 11 is 0. The highest BCUT2D eigenvalue weighted by Crippen LogP contribution is 2.12. The Bertz CT molecular complexity index is 624. The van der Waals surface area contributed by atoms with Gasteiger partial charge >= 0.3 is 5.97 Å². The van der Waals surface area contributed by atoms with Gasteiger partial charge in [0.05, 0.1) is 5.56 Å². The fourth-order valence-electron chi connectivity index (χ4n) is 2.02. The number of benzene rings is 1. The number of aromatic nitrogens is 2. The molecule has 2 rings (SSSR count).